The third kappa shape index (κ3) is 6.42. The topological polar surface area (TPSA) is 116 Å². The number of carbonyl (C=O) groups is 3. The Kier molecular flexibility index (Phi) is 8.20. The third-order valence-corrected chi connectivity index (χ3v) is 5.47. The van der Waals surface area contributed by atoms with Crippen LogP contribution in [0.1, 0.15) is 19.4 Å². The number of esters is 2. The van der Waals surface area contributed by atoms with Gasteiger partial charge in [0.05, 0.1) is 37.0 Å². The van der Waals surface area contributed by atoms with Gasteiger partial charge in [0, 0.05) is 11.8 Å². The normalized spacial score (nSPS) is 10.7. The van der Waals surface area contributed by atoms with Gasteiger partial charge in [0.1, 0.15) is 5.75 Å². The van der Waals surface area contributed by atoms with Crippen molar-refractivity contribution in [3.05, 3.63) is 48.0 Å². The molecule has 1 aromatic heterocycles. The summed E-state index contributed by atoms with van der Waals surface area (Å²) in [6, 6.07) is 11.4. The van der Waals surface area contributed by atoms with Gasteiger partial charge in [-0.1, -0.05) is 23.5 Å². The summed E-state index contributed by atoms with van der Waals surface area (Å²) in [7, 11) is 1.61. The van der Waals surface area contributed by atoms with Crippen LogP contribution in [0.4, 0.5) is 10.8 Å². The molecule has 1 heterocycles. The maximum absolute atomic E-state index is 12.4. The summed E-state index contributed by atoms with van der Waals surface area (Å²) in [5, 5.41) is 6.37. The molecule has 0 aliphatic carbocycles. The fourth-order valence-corrected chi connectivity index (χ4v) is 3.85. The first kappa shape index (κ1) is 24.0. The Morgan fingerprint density at radius 3 is 2.27 bits per heavy atom. The monoisotopic (exact) mass is 471 g/mol. The van der Waals surface area contributed by atoms with Gasteiger partial charge in [0.2, 0.25) is 11.9 Å². The molecule has 0 aliphatic rings. The van der Waals surface area contributed by atoms with E-state index < -0.39 is 23.9 Å². The Morgan fingerprint density at radius 2 is 1.67 bits per heavy atom. The Balaban J connectivity index is 1.61. The van der Waals surface area contributed by atoms with Gasteiger partial charge >= 0.3 is 11.9 Å². The van der Waals surface area contributed by atoms with E-state index in [1.165, 1.54) is 11.3 Å². The minimum Gasteiger partial charge on any atom is -0.497 e. The van der Waals surface area contributed by atoms with Gasteiger partial charge in [-0.2, -0.15) is 0 Å². The van der Waals surface area contributed by atoms with E-state index >= 15 is 0 Å². The second-order valence-corrected chi connectivity index (χ2v) is 7.89. The molecule has 0 spiro atoms. The van der Waals surface area contributed by atoms with Crippen LogP contribution in [0, 0.1) is 0 Å². The Labute approximate surface area is 195 Å². The third-order valence-electron chi connectivity index (χ3n) is 4.51. The van der Waals surface area contributed by atoms with Gasteiger partial charge in [-0.15, -0.1) is 0 Å². The molecular weight excluding hydrogens is 446 g/mol. The lowest BCUT2D eigenvalue weighted by Crippen LogP contribution is -2.48. The molecule has 1 amide bonds. The first-order valence-corrected chi connectivity index (χ1v) is 11.2. The van der Waals surface area contributed by atoms with E-state index in [1.807, 2.05) is 30.3 Å². The summed E-state index contributed by atoms with van der Waals surface area (Å²) in [4.78, 5) is 41.0. The van der Waals surface area contributed by atoms with Crippen molar-refractivity contribution < 1.29 is 28.6 Å². The predicted octanol–water partition coefficient (Wildman–Crippen LogP) is 3.20. The maximum atomic E-state index is 12.4. The van der Waals surface area contributed by atoms with Crippen molar-refractivity contribution in [2.75, 3.05) is 25.6 Å². The number of carbonyl (C=O) groups excluding carboxylic acids is 3. The minimum atomic E-state index is -1.49. The van der Waals surface area contributed by atoms with Gasteiger partial charge in [0.15, 0.2) is 5.13 Å². The highest BCUT2D eigenvalue weighted by Gasteiger charge is 2.31. The number of methoxy groups -OCH3 is 1. The zero-order valence-corrected chi connectivity index (χ0v) is 19.4. The van der Waals surface area contributed by atoms with Crippen molar-refractivity contribution in [1.29, 1.82) is 0 Å². The fourth-order valence-electron chi connectivity index (χ4n) is 2.98. The van der Waals surface area contributed by atoms with Crippen LogP contribution in [0.3, 0.4) is 0 Å². The van der Waals surface area contributed by atoms with E-state index in [9.17, 15) is 14.4 Å². The van der Waals surface area contributed by atoms with E-state index in [0.717, 1.165) is 26.8 Å². The second-order valence-electron chi connectivity index (χ2n) is 6.86. The summed E-state index contributed by atoms with van der Waals surface area (Å²) < 4.78 is 16.0. The number of hydrogen-bond acceptors (Lipinski definition) is 9. The summed E-state index contributed by atoms with van der Waals surface area (Å²) in [5.74, 6) is -1.45. The molecule has 0 saturated heterocycles. The average Bonchev–Trinajstić information content (AvgIpc) is 3.20. The zero-order valence-electron chi connectivity index (χ0n) is 18.5. The van der Waals surface area contributed by atoms with Crippen molar-refractivity contribution in [2.45, 2.75) is 26.3 Å². The maximum Gasteiger partial charge on any atom is 0.340 e. The van der Waals surface area contributed by atoms with E-state index in [0.29, 0.717) is 5.56 Å². The Morgan fingerprint density at radius 1 is 1.00 bits per heavy atom. The van der Waals surface area contributed by atoms with Crippen molar-refractivity contribution in [3.8, 4) is 5.75 Å². The molecule has 2 N–H and O–H groups in total. The van der Waals surface area contributed by atoms with Crippen molar-refractivity contribution in [1.82, 2.24) is 10.3 Å². The molecule has 9 nitrogen and oxygen atoms in total. The van der Waals surface area contributed by atoms with Gasteiger partial charge in [-0.3, -0.25) is 4.79 Å². The first-order valence-electron chi connectivity index (χ1n) is 10.4. The molecule has 3 aromatic rings. The number of benzene rings is 2. The van der Waals surface area contributed by atoms with Crippen LogP contribution < -0.4 is 15.4 Å². The smallest absolute Gasteiger partial charge is 0.340 e. The molecule has 0 atom stereocenters. The van der Waals surface area contributed by atoms with E-state index in [-0.39, 0.29) is 19.6 Å². The zero-order chi connectivity index (χ0) is 23.8. The van der Waals surface area contributed by atoms with Gasteiger partial charge in [0.25, 0.3) is 0 Å². The quantitative estimate of drug-likeness (QED) is 0.342. The van der Waals surface area contributed by atoms with Crippen molar-refractivity contribution in [3.63, 3.8) is 0 Å². The SMILES string of the molecule is CCOC(=O)C(NC(=O)Cc1ccc(Nc2nc3cc(OC)ccc3s2)cc1)C(=O)OCC. The fraction of sp³-hybridized carbons (Fsp3) is 0.304. The van der Waals surface area contributed by atoms with Crippen LogP contribution >= 0.6 is 11.3 Å². The highest BCUT2D eigenvalue weighted by atomic mass is 32.1. The van der Waals surface area contributed by atoms with Crippen LogP contribution in [-0.2, 0) is 30.3 Å². The lowest BCUT2D eigenvalue weighted by Gasteiger charge is -2.16. The number of ether oxygens (including phenoxy) is 3. The van der Waals surface area contributed by atoms with Crippen LogP contribution in [0.5, 0.6) is 5.75 Å². The van der Waals surface area contributed by atoms with Crippen molar-refractivity contribution >= 4 is 50.2 Å². The lowest BCUT2D eigenvalue weighted by atomic mass is 10.1. The largest absolute Gasteiger partial charge is 0.497 e. The van der Waals surface area contributed by atoms with E-state index in [4.69, 9.17) is 14.2 Å². The van der Waals surface area contributed by atoms with E-state index in [2.05, 4.69) is 15.6 Å². The number of fused-ring (bicyclic) bond motifs is 1. The highest BCUT2D eigenvalue weighted by Crippen LogP contribution is 2.30. The number of thiazole rings is 1. The predicted molar refractivity (Wildman–Crippen MR) is 125 cm³/mol. The molecule has 0 fully saturated rings. The molecule has 0 unspecified atom stereocenters. The standard InChI is InChI=1S/C23H25N3O6S/c1-4-31-21(28)20(22(29)32-5-2)26-19(27)12-14-6-8-15(9-7-14)24-23-25-17-13-16(30-3)10-11-18(17)33-23/h6-11,13,20H,4-5,12H2,1-3H3,(H,24,25)(H,26,27). The summed E-state index contributed by atoms with van der Waals surface area (Å²) in [6.07, 6.45) is -0.0173. The molecule has 0 aliphatic heterocycles. The summed E-state index contributed by atoms with van der Waals surface area (Å²) in [6.45, 7) is 3.40. The summed E-state index contributed by atoms with van der Waals surface area (Å²) >= 11 is 1.52. The molecule has 0 bridgehead atoms. The highest BCUT2D eigenvalue weighted by molar-refractivity contribution is 7.22. The van der Waals surface area contributed by atoms with E-state index in [1.54, 1.807) is 33.1 Å². The Hall–Kier alpha value is -3.66. The molecule has 33 heavy (non-hydrogen) atoms. The number of hydrogen-bond donors (Lipinski definition) is 2. The first-order chi connectivity index (χ1) is 15.9. The number of rotatable bonds is 10. The van der Waals surface area contributed by atoms with Gasteiger partial charge in [-0.05, 0) is 43.7 Å². The number of nitrogens with zero attached hydrogens (tertiary/aromatic N) is 1. The average molecular weight is 472 g/mol. The molecule has 3 rings (SSSR count). The number of aromatic nitrogens is 1. The van der Waals surface area contributed by atoms with Crippen LogP contribution in [-0.4, -0.2) is 49.2 Å². The molecule has 0 saturated carbocycles. The molecule has 0 radical (unpaired) electrons. The van der Waals surface area contributed by atoms with Gasteiger partial charge in [-0.25, -0.2) is 14.6 Å². The van der Waals surface area contributed by atoms with Gasteiger partial charge < -0.3 is 24.8 Å². The molecule has 174 valence electrons. The number of amides is 1. The lowest BCUT2D eigenvalue weighted by molar-refractivity contribution is -0.159. The number of nitrogens with one attached hydrogen (secondary N) is 2. The van der Waals surface area contributed by atoms with Crippen molar-refractivity contribution in [2.24, 2.45) is 0 Å². The molecule has 2 aromatic carbocycles. The van der Waals surface area contributed by atoms with Crippen LogP contribution in [0.2, 0.25) is 0 Å². The van der Waals surface area contributed by atoms with Crippen LogP contribution in [0.25, 0.3) is 10.2 Å². The minimum absolute atomic E-state index is 0.0173. The second kappa shape index (κ2) is 11.3. The van der Waals surface area contributed by atoms with Crippen LogP contribution in [0.15, 0.2) is 42.5 Å². The molecular formula is C23H25N3O6S. The summed E-state index contributed by atoms with van der Waals surface area (Å²) in [5.41, 5.74) is 2.35. The molecule has 10 heteroatoms. The number of anilines is 2. The Bertz CT molecular complexity index is 1110.